The first-order chi connectivity index (χ1) is 6.76. The lowest BCUT2D eigenvalue weighted by atomic mass is 10.3. The van der Waals surface area contributed by atoms with Gasteiger partial charge in [0.05, 0.1) is 0 Å². The summed E-state index contributed by atoms with van der Waals surface area (Å²) in [7, 11) is 0. The molecule has 0 aromatic heterocycles. The van der Waals surface area contributed by atoms with Crippen molar-refractivity contribution in [2.45, 2.75) is 12.5 Å². The highest BCUT2D eigenvalue weighted by Gasteiger charge is 2.07. The van der Waals surface area contributed by atoms with E-state index in [0.717, 1.165) is 22.8 Å². The number of hydrogen-bond acceptors (Lipinski definition) is 1. The van der Waals surface area contributed by atoms with Gasteiger partial charge in [0.25, 0.3) is 0 Å². The second-order valence-electron chi connectivity index (χ2n) is 2.83. The first-order valence-corrected chi connectivity index (χ1v) is 6.92. The molecule has 0 aliphatic carbocycles. The Bertz CT molecular complexity index is 281. The normalized spacial score (nSPS) is 12.5. The topological polar surface area (TPSA) is 9.23 Å². The molecule has 0 heterocycles. The van der Waals surface area contributed by atoms with Crippen LogP contribution in [0.15, 0.2) is 24.3 Å². The molecular weight excluding hydrogens is 331 g/mol. The van der Waals surface area contributed by atoms with E-state index in [0.29, 0.717) is 5.02 Å². The van der Waals surface area contributed by atoms with Crippen LogP contribution in [0.1, 0.15) is 6.42 Å². The third-order valence-electron chi connectivity index (χ3n) is 1.70. The molecule has 1 aromatic rings. The van der Waals surface area contributed by atoms with Gasteiger partial charge >= 0.3 is 0 Å². The van der Waals surface area contributed by atoms with Crippen LogP contribution >= 0.6 is 43.5 Å². The molecule has 14 heavy (non-hydrogen) atoms. The zero-order chi connectivity index (χ0) is 10.4. The van der Waals surface area contributed by atoms with Crippen molar-refractivity contribution in [3.63, 3.8) is 0 Å². The molecule has 78 valence electrons. The van der Waals surface area contributed by atoms with Crippen molar-refractivity contribution in [2.75, 3.05) is 10.7 Å². The van der Waals surface area contributed by atoms with E-state index in [2.05, 4.69) is 31.9 Å². The third-order valence-corrected chi connectivity index (χ3v) is 3.12. The predicted octanol–water partition coefficient (Wildman–Crippen LogP) is 4.27. The zero-order valence-electron chi connectivity index (χ0n) is 7.55. The molecule has 1 nitrogen and oxygen atoms in total. The van der Waals surface area contributed by atoms with Crippen LogP contribution in [0.25, 0.3) is 0 Å². The fraction of sp³-hybridized carbons (Fsp3) is 0.400. The zero-order valence-corrected chi connectivity index (χ0v) is 11.5. The summed E-state index contributed by atoms with van der Waals surface area (Å²) in [5, 5.41) is 2.46. The van der Waals surface area contributed by atoms with E-state index in [1.54, 1.807) is 0 Å². The summed E-state index contributed by atoms with van der Waals surface area (Å²) in [4.78, 5) is 0. The molecule has 0 fully saturated rings. The van der Waals surface area contributed by atoms with Gasteiger partial charge < -0.3 is 4.74 Å². The monoisotopic (exact) mass is 340 g/mol. The summed E-state index contributed by atoms with van der Waals surface area (Å²) in [6.45, 7) is 0. The second-order valence-corrected chi connectivity index (χ2v) is 4.71. The van der Waals surface area contributed by atoms with Crippen LogP contribution < -0.4 is 4.74 Å². The van der Waals surface area contributed by atoms with Gasteiger partial charge in [-0.25, -0.2) is 0 Å². The van der Waals surface area contributed by atoms with Crippen LogP contribution in [0.2, 0.25) is 5.02 Å². The van der Waals surface area contributed by atoms with Crippen molar-refractivity contribution < 1.29 is 4.74 Å². The number of alkyl halides is 2. The van der Waals surface area contributed by atoms with Crippen LogP contribution in [0.4, 0.5) is 0 Å². The lowest BCUT2D eigenvalue weighted by molar-refractivity contribution is 0.225. The number of ether oxygens (including phenoxy) is 1. The van der Waals surface area contributed by atoms with Gasteiger partial charge in [0.2, 0.25) is 0 Å². The number of benzene rings is 1. The highest BCUT2D eigenvalue weighted by atomic mass is 79.9. The van der Waals surface area contributed by atoms with Crippen LogP contribution in [0, 0.1) is 0 Å². The Labute approximate surface area is 106 Å². The Morgan fingerprint density at radius 2 is 2.14 bits per heavy atom. The van der Waals surface area contributed by atoms with E-state index in [9.17, 15) is 0 Å². The number of halogens is 3. The fourth-order valence-electron chi connectivity index (χ4n) is 1.02. The minimum absolute atomic E-state index is 0.188. The molecular formula is C10H11Br2ClO. The summed E-state index contributed by atoms with van der Waals surface area (Å²) in [6, 6.07) is 7.46. The molecule has 0 unspecified atom stereocenters. The second kappa shape index (κ2) is 6.70. The van der Waals surface area contributed by atoms with Gasteiger partial charge in [-0.1, -0.05) is 49.5 Å². The Morgan fingerprint density at radius 1 is 1.36 bits per heavy atom. The van der Waals surface area contributed by atoms with Crippen molar-refractivity contribution in [2.24, 2.45) is 0 Å². The van der Waals surface area contributed by atoms with E-state index in [1.165, 1.54) is 0 Å². The summed E-state index contributed by atoms with van der Waals surface area (Å²) in [5.41, 5.74) is 0. The Balaban J connectivity index is 2.57. The van der Waals surface area contributed by atoms with E-state index in [1.807, 2.05) is 24.3 Å². The number of hydrogen-bond donors (Lipinski definition) is 0. The number of rotatable bonds is 5. The molecule has 1 rings (SSSR count). The molecule has 4 heteroatoms. The van der Waals surface area contributed by atoms with E-state index < -0.39 is 0 Å². The molecule has 0 bridgehead atoms. The van der Waals surface area contributed by atoms with Crippen molar-refractivity contribution in [1.29, 1.82) is 0 Å². The molecule has 0 aliphatic rings. The Hall–Kier alpha value is 0.270. The highest BCUT2D eigenvalue weighted by molar-refractivity contribution is 9.09. The first-order valence-electron chi connectivity index (χ1n) is 4.30. The maximum absolute atomic E-state index is 5.85. The average molecular weight is 342 g/mol. The van der Waals surface area contributed by atoms with E-state index in [4.69, 9.17) is 16.3 Å². The molecule has 0 radical (unpaired) electrons. The van der Waals surface area contributed by atoms with Crippen molar-refractivity contribution in [1.82, 2.24) is 0 Å². The lowest BCUT2D eigenvalue weighted by Gasteiger charge is -2.15. The van der Waals surface area contributed by atoms with Crippen molar-refractivity contribution in [3.05, 3.63) is 29.3 Å². The van der Waals surface area contributed by atoms with Crippen molar-refractivity contribution in [3.8, 4) is 5.75 Å². The Kier molecular flexibility index (Phi) is 5.90. The van der Waals surface area contributed by atoms with Crippen molar-refractivity contribution >= 4 is 43.5 Å². The summed E-state index contributed by atoms with van der Waals surface area (Å²) in [5.74, 6) is 0.822. The van der Waals surface area contributed by atoms with Crippen LogP contribution in [-0.4, -0.2) is 16.8 Å². The van der Waals surface area contributed by atoms with Gasteiger partial charge in [0.15, 0.2) is 0 Å². The fourth-order valence-corrected chi connectivity index (χ4v) is 2.17. The largest absolute Gasteiger partial charge is 0.489 e. The smallest absolute Gasteiger partial charge is 0.121 e. The highest BCUT2D eigenvalue weighted by Crippen LogP contribution is 2.19. The molecule has 0 saturated carbocycles. The maximum Gasteiger partial charge on any atom is 0.121 e. The van der Waals surface area contributed by atoms with Crippen LogP contribution in [0.3, 0.4) is 0 Å². The summed E-state index contributed by atoms with van der Waals surface area (Å²) >= 11 is 12.7. The quantitative estimate of drug-likeness (QED) is 0.726. The van der Waals surface area contributed by atoms with Gasteiger partial charge in [-0.2, -0.15) is 0 Å². The van der Waals surface area contributed by atoms with Gasteiger partial charge in [0.1, 0.15) is 11.9 Å². The molecule has 0 amide bonds. The minimum Gasteiger partial charge on any atom is -0.489 e. The van der Waals surface area contributed by atoms with E-state index >= 15 is 0 Å². The lowest BCUT2D eigenvalue weighted by Crippen LogP contribution is -2.18. The standard InChI is InChI=1S/C10H11Br2ClO/c11-5-4-10(7-12)14-9-3-1-2-8(13)6-9/h1-3,6,10H,4-5,7H2/t10-/m1/s1. The minimum atomic E-state index is 0.188. The molecule has 1 atom stereocenters. The first kappa shape index (κ1) is 12.3. The van der Waals surface area contributed by atoms with Gasteiger partial charge in [0, 0.05) is 15.7 Å². The van der Waals surface area contributed by atoms with Crippen LogP contribution in [-0.2, 0) is 0 Å². The maximum atomic E-state index is 5.85. The molecule has 0 spiro atoms. The van der Waals surface area contributed by atoms with Gasteiger partial charge in [-0.05, 0) is 24.6 Å². The SMILES string of the molecule is Clc1cccc(O[C@@H](CBr)CCBr)c1. The van der Waals surface area contributed by atoms with Gasteiger partial charge in [-0.15, -0.1) is 0 Å². The molecule has 0 saturated heterocycles. The summed E-state index contributed by atoms with van der Waals surface area (Å²) in [6.07, 6.45) is 1.16. The Morgan fingerprint density at radius 3 is 2.71 bits per heavy atom. The van der Waals surface area contributed by atoms with E-state index in [-0.39, 0.29) is 6.10 Å². The average Bonchev–Trinajstić information content (AvgIpc) is 2.17. The molecule has 0 N–H and O–H groups in total. The molecule has 0 aliphatic heterocycles. The molecule has 1 aromatic carbocycles. The van der Waals surface area contributed by atoms with Gasteiger partial charge in [-0.3, -0.25) is 0 Å². The predicted molar refractivity (Wildman–Crippen MR) is 68.1 cm³/mol. The third kappa shape index (κ3) is 4.20. The van der Waals surface area contributed by atoms with Crippen LogP contribution in [0.5, 0.6) is 5.75 Å². The summed E-state index contributed by atoms with van der Waals surface area (Å²) < 4.78 is 5.72.